The Kier molecular flexibility index (Phi) is 6.78. The molecule has 0 spiro atoms. The molecule has 158 valence electrons. The van der Waals surface area contributed by atoms with Crippen LogP contribution < -0.4 is 19.7 Å². The number of nitrogens with one attached hydrogen (secondary N) is 1. The first kappa shape index (κ1) is 22.1. The summed E-state index contributed by atoms with van der Waals surface area (Å²) in [4.78, 5) is 38.9. The van der Waals surface area contributed by atoms with Gasteiger partial charge in [0, 0.05) is 0 Å². The van der Waals surface area contributed by atoms with E-state index in [0.29, 0.717) is 33.8 Å². The Bertz CT molecular complexity index is 1130. The molecular weight excluding hydrogens is 464 g/mol. The van der Waals surface area contributed by atoms with Crippen LogP contribution in [-0.2, 0) is 9.59 Å². The Balaban J connectivity index is 2.04. The van der Waals surface area contributed by atoms with Crippen LogP contribution in [0.1, 0.15) is 18.1 Å². The van der Waals surface area contributed by atoms with Gasteiger partial charge in [0.1, 0.15) is 12.2 Å². The van der Waals surface area contributed by atoms with Gasteiger partial charge in [0.05, 0.1) is 16.8 Å². The van der Waals surface area contributed by atoms with Crippen LogP contribution in [0.2, 0.25) is 0 Å². The molecule has 0 aliphatic carbocycles. The number of rotatable bonds is 6. The monoisotopic (exact) mass is 482 g/mol. The lowest BCUT2D eigenvalue weighted by atomic mass is 10.1. The van der Waals surface area contributed by atoms with Crippen LogP contribution in [0.15, 0.2) is 46.4 Å². The average Bonchev–Trinajstić information content (AvgIpc) is 2.72. The minimum Gasteiger partial charge on any atom is -0.490 e. The molecule has 1 saturated heterocycles. The van der Waals surface area contributed by atoms with Gasteiger partial charge < -0.3 is 9.47 Å². The lowest BCUT2D eigenvalue weighted by Gasteiger charge is -2.27. The quantitative estimate of drug-likeness (QED) is 0.384. The summed E-state index contributed by atoms with van der Waals surface area (Å²) in [7, 11) is 0. The third kappa shape index (κ3) is 4.62. The second-order valence-corrected chi connectivity index (χ2v) is 7.35. The Labute approximate surface area is 188 Å². The number of hydrogen-bond acceptors (Lipinski definition) is 5. The topological polar surface area (TPSA) is 84.9 Å². The molecule has 1 fully saturated rings. The van der Waals surface area contributed by atoms with Crippen molar-refractivity contribution >= 4 is 45.5 Å². The summed E-state index contributed by atoms with van der Waals surface area (Å²) in [6, 6.07) is 9.42. The van der Waals surface area contributed by atoms with Crippen molar-refractivity contribution in [3.63, 3.8) is 0 Å². The molecule has 1 N–H and O–H groups in total. The lowest BCUT2D eigenvalue weighted by molar-refractivity contribution is -0.122. The second kappa shape index (κ2) is 9.49. The Hall–Kier alpha value is -3.57. The molecule has 1 aliphatic rings. The second-order valence-electron chi connectivity index (χ2n) is 6.50. The van der Waals surface area contributed by atoms with Crippen LogP contribution in [0.5, 0.6) is 11.5 Å². The zero-order chi connectivity index (χ0) is 22.5. The summed E-state index contributed by atoms with van der Waals surface area (Å²) < 4.78 is 11.7. The van der Waals surface area contributed by atoms with Crippen LogP contribution >= 0.6 is 15.9 Å². The van der Waals surface area contributed by atoms with E-state index in [1.54, 1.807) is 43.3 Å². The molecule has 2 aromatic carbocycles. The van der Waals surface area contributed by atoms with Gasteiger partial charge in [-0.05, 0) is 65.2 Å². The van der Waals surface area contributed by atoms with E-state index in [1.165, 1.54) is 6.08 Å². The van der Waals surface area contributed by atoms with Crippen molar-refractivity contribution in [3.8, 4) is 23.8 Å². The zero-order valence-corrected chi connectivity index (χ0v) is 18.5. The van der Waals surface area contributed by atoms with E-state index in [2.05, 4.69) is 27.2 Å². The molecule has 0 radical (unpaired) electrons. The van der Waals surface area contributed by atoms with Gasteiger partial charge in [-0.15, -0.1) is 6.42 Å². The minimum atomic E-state index is -0.796. The summed E-state index contributed by atoms with van der Waals surface area (Å²) in [6.45, 7) is 4.01. The highest BCUT2D eigenvalue weighted by Crippen LogP contribution is 2.38. The standard InChI is InChI=1S/C23H19BrN2O5/c1-4-10-31-20-17(24)12-15(13-19(20)30-5-2)11-16-21(27)25-23(29)26(22(16)28)18-9-7-6-8-14(18)3/h1,6-9,11-13H,5,10H2,2-3H3,(H,25,27,29)/b16-11+. The first-order chi connectivity index (χ1) is 14.9. The maximum Gasteiger partial charge on any atom is 0.335 e. The fraction of sp³-hybridized carbons (Fsp3) is 0.174. The van der Waals surface area contributed by atoms with Gasteiger partial charge in [0.25, 0.3) is 11.8 Å². The first-order valence-electron chi connectivity index (χ1n) is 9.37. The third-order valence-electron chi connectivity index (χ3n) is 4.40. The van der Waals surface area contributed by atoms with Crippen molar-refractivity contribution in [1.82, 2.24) is 5.32 Å². The number of terminal acetylenes is 1. The smallest absolute Gasteiger partial charge is 0.335 e. The van der Waals surface area contributed by atoms with Gasteiger partial charge in [-0.3, -0.25) is 14.9 Å². The predicted octanol–water partition coefficient (Wildman–Crippen LogP) is 3.83. The van der Waals surface area contributed by atoms with Crippen molar-refractivity contribution in [1.29, 1.82) is 0 Å². The Morgan fingerprint density at radius 1 is 1.19 bits per heavy atom. The van der Waals surface area contributed by atoms with Gasteiger partial charge in [0.2, 0.25) is 0 Å². The van der Waals surface area contributed by atoms with E-state index in [-0.39, 0.29) is 12.2 Å². The number of aryl methyl sites for hydroxylation is 1. The summed E-state index contributed by atoms with van der Waals surface area (Å²) in [6.07, 6.45) is 6.66. The zero-order valence-electron chi connectivity index (χ0n) is 16.9. The Morgan fingerprint density at radius 2 is 1.94 bits per heavy atom. The number of anilines is 1. The summed E-state index contributed by atoms with van der Waals surface area (Å²) in [5, 5.41) is 2.22. The molecule has 3 rings (SSSR count). The maximum atomic E-state index is 13.1. The van der Waals surface area contributed by atoms with Gasteiger partial charge in [-0.25, -0.2) is 9.69 Å². The molecule has 0 saturated carbocycles. The normalized spacial score (nSPS) is 15.0. The van der Waals surface area contributed by atoms with Gasteiger partial charge in [-0.2, -0.15) is 0 Å². The highest BCUT2D eigenvalue weighted by molar-refractivity contribution is 9.10. The fourth-order valence-electron chi connectivity index (χ4n) is 3.05. The molecule has 0 atom stereocenters. The number of para-hydroxylation sites is 1. The number of benzene rings is 2. The fourth-order valence-corrected chi connectivity index (χ4v) is 3.62. The molecule has 31 heavy (non-hydrogen) atoms. The number of halogens is 1. The number of amides is 4. The van der Waals surface area contributed by atoms with Gasteiger partial charge >= 0.3 is 6.03 Å². The number of urea groups is 1. The molecule has 8 heteroatoms. The number of carbonyl (C=O) groups is 3. The summed E-state index contributed by atoms with van der Waals surface area (Å²) in [5.74, 6) is 1.71. The average molecular weight is 483 g/mol. The van der Waals surface area contributed by atoms with E-state index < -0.39 is 17.8 Å². The Morgan fingerprint density at radius 3 is 2.61 bits per heavy atom. The SMILES string of the molecule is C#CCOc1c(Br)cc(/C=C2\C(=O)NC(=O)N(c3ccccc3C)C2=O)cc1OCC. The minimum absolute atomic E-state index is 0.0491. The molecule has 1 heterocycles. The summed E-state index contributed by atoms with van der Waals surface area (Å²) in [5.41, 5.74) is 1.43. The van der Waals surface area contributed by atoms with Crippen molar-refractivity contribution < 1.29 is 23.9 Å². The number of hydrogen-bond donors (Lipinski definition) is 1. The predicted molar refractivity (Wildman–Crippen MR) is 120 cm³/mol. The largest absolute Gasteiger partial charge is 0.490 e. The molecular formula is C23H19BrN2O5. The molecule has 4 amide bonds. The van der Waals surface area contributed by atoms with Crippen LogP contribution in [0.25, 0.3) is 6.08 Å². The maximum absolute atomic E-state index is 13.1. The van der Waals surface area contributed by atoms with Crippen molar-refractivity contribution in [2.75, 3.05) is 18.1 Å². The summed E-state index contributed by atoms with van der Waals surface area (Å²) >= 11 is 3.41. The number of nitrogens with zero attached hydrogens (tertiary/aromatic N) is 1. The van der Waals surface area contributed by atoms with E-state index in [9.17, 15) is 14.4 Å². The van der Waals surface area contributed by atoms with Crippen molar-refractivity contribution in [2.45, 2.75) is 13.8 Å². The molecule has 0 aromatic heterocycles. The van der Waals surface area contributed by atoms with E-state index in [4.69, 9.17) is 15.9 Å². The lowest BCUT2D eigenvalue weighted by Crippen LogP contribution is -2.54. The first-order valence-corrected chi connectivity index (χ1v) is 10.2. The highest BCUT2D eigenvalue weighted by atomic mass is 79.9. The molecule has 1 aliphatic heterocycles. The van der Waals surface area contributed by atoms with E-state index >= 15 is 0 Å². The van der Waals surface area contributed by atoms with E-state index in [1.807, 2.05) is 6.92 Å². The number of imide groups is 2. The molecule has 2 aromatic rings. The van der Waals surface area contributed by atoms with Crippen molar-refractivity contribution in [2.24, 2.45) is 0 Å². The number of ether oxygens (including phenoxy) is 2. The third-order valence-corrected chi connectivity index (χ3v) is 4.99. The van der Waals surface area contributed by atoms with Crippen LogP contribution in [-0.4, -0.2) is 31.1 Å². The van der Waals surface area contributed by atoms with E-state index in [0.717, 1.165) is 10.5 Å². The van der Waals surface area contributed by atoms with Gasteiger partial charge in [0.15, 0.2) is 11.5 Å². The number of carbonyl (C=O) groups excluding carboxylic acids is 3. The van der Waals surface area contributed by atoms with Crippen molar-refractivity contribution in [3.05, 3.63) is 57.6 Å². The molecule has 0 bridgehead atoms. The van der Waals surface area contributed by atoms with Crippen LogP contribution in [0.4, 0.5) is 10.5 Å². The molecule has 7 nitrogen and oxygen atoms in total. The van der Waals surface area contributed by atoms with Crippen LogP contribution in [0, 0.1) is 19.3 Å². The van der Waals surface area contributed by atoms with Crippen LogP contribution in [0.3, 0.4) is 0 Å². The van der Waals surface area contributed by atoms with Gasteiger partial charge in [-0.1, -0.05) is 24.1 Å². The highest BCUT2D eigenvalue weighted by Gasteiger charge is 2.37. The molecule has 0 unspecified atom stereocenters. The number of barbiturate groups is 1.